The van der Waals surface area contributed by atoms with Gasteiger partial charge < -0.3 is 19.6 Å². The zero-order valence-electron chi connectivity index (χ0n) is 13.9. The van der Waals surface area contributed by atoms with Crippen molar-refractivity contribution in [1.29, 1.82) is 0 Å². The molecule has 1 N–H and O–H groups in total. The van der Waals surface area contributed by atoms with Crippen LogP contribution in [-0.4, -0.2) is 43.2 Å². The number of hydrogen-bond acceptors (Lipinski definition) is 4. The fraction of sp³-hybridized carbons (Fsp3) is 0.529. The van der Waals surface area contributed by atoms with E-state index < -0.39 is 12.1 Å². The number of unbranched alkanes of at least 4 members (excludes halogenated alkanes) is 1. The molecule has 1 aromatic carbocycles. The molecule has 0 aliphatic carbocycles. The Labute approximate surface area is 136 Å². The highest BCUT2D eigenvalue weighted by molar-refractivity contribution is 5.99. The van der Waals surface area contributed by atoms with Crippen molar-refractivity contribution in [2.24, 2.45) is 0 Å². The van der Waals surface area contributed by atoms with Crippen molar-refractivity contribution < 1.29 is 19.4 Å². The maximum absolute atomic E-state index is 12.0. The zero-order chi connectivity index (χ0) is 17.0. The topological polar surface area (TPSA) is 70.1 Å². The molecule has 1 aromatic rings. The van der Waals surface area contributed by atoms with Crippen LogP contribution < -0.4 is 14.5 Å². The summed E-state index contributed by atoms with van der Waals surface area (Å²) in [5.74, 6) is -0.215. The molecule has 0 spiro atoms. The van der Waals surface area contributed by atoms with Gasteiger partial charge in [-0.05, 0) is 25.5 Å². The molecule has 1 aliphatic heterocycles. The summed E-state index contributed by atoms with van der Waals surface area (Å²) in [6.07, 6.45) is 1.62. The molecule has 0 bridgehead atoms. The van der Waals surface area contributed by atoms with Gasteiger partial charge >= 0.3 is 5.97 Å². The second-order valence-corrected chi connectivity index (χ2v) is 5.79. The lowest BCUT2D eigenvalue weighted by molar-refractivity contribution is -0.136. The van der Waals surface area contributed by atoms with E-state index in [0.717, 1.165) is 30.8 Å². The van der Waals surface area contributed by atoms with E-state index in [9.17, 15) is 9.59 Å². The molecule has 0 saturated heterocycles. The van der Waals surface area contributed by atoms with E-state index in [-0.39, 0.29) is 12.3 Å². The lowest BCUT2D eigenvalue weighted by Gasteiger charge is -2.32. The molecule has 2 rings (SSSR count). The maximum atomic E-state index is 12.0. The third-order valence-corrected chi connectivity index (χ3v) is 4.03. The SMILES string of the molecule is CCCCN(CCC(=O)O)c1ccc2c(c1)OC(C)C(=O)N2C. The third-order valence-electron chi connectivity index (χ3n) is 4.03. The maximum Gasteiger partial charge on any atom is 0.305 e. The molecule has 126 valence electrons. The van der Waals surface area contributed by atoms with Crippen LogP contribution in [0.2, 0.25) is 0 Å². The Balaban J connectivity index is 2.24. The fourth-order valence-electron chi connectivity index (χ4n) is 2.65. The highest BCUT2D eigenvalue weighted by Gasteiger charge is 2.29. The number of carbonyl (C=O) groups is 2. The zero-order valence-corrected chi connectivity index (χ0v) is 13.9. The number of amides is 1. The molecular formula is C17H24N2O4. The van der Waals surface area contributed by atoms with Crippen molar-refractivity contribution in [3.8, 4) is 5.75 Å². The van der Waals surface area contributed by atoms with E-state index in [1.807, 2.05) is 18.2 Å². The average molecular weight is 320 g/mol. The van der Waals surface area contributed by atoms with E-state index in [1.54, 1.807) is 18.9 Å². The normalized spacial score (nSPS) is 16.7. The molecule has 1 heterocycles. The standard InChI is InChI=1S/C17H24N2O4/c1-4-5-9-19(10-8-16(20)21)13-6-7-14-15(11-13)23-12(2)17(22)18(14)3/h6-7,11-12H,4-5,8-10H2,1-3H3,(H,20,21). The molecule has 23 heavy (non-hydrogen) atoms. The summed E-state index contributed by atoms with van der Waals surface area (Å²) < 4.78 is 5.70. The summed E-state index contributed by atoms with van der Waals surface area (Å²) >= 11 is 0. The summed E-state index contributed by atoms with van der Waals surface area (Å²) in [5, 5.41) is 8.93. The van der Waals surface area contributed by atoms with E-state index in [4.69, 9.17) is 9.84 Å². The number of anilines is 2. The fourth-order valence-corrected chi connectivity index (χ4v) is 2.65. The molecule has 1 unspecified atom stereocenters. The Kier molecular flexibility index (Phi) is 5.47. The molecule has 1 amide bonds. The first-order valence-electron chi connectivity index (χ1n) is 7.99. The summed E-state index contributed by atoms with van der Waals surface area (Å²) in [6.45, 7) is 5.09. The lowest BCUT2D eigenvalue weighted by Crippen LogP contribution is -2.42. The van der Waals surface area contributed by atoms with Crippen LogP contribution in [0.3, 0.4) is 0 Å². The first-order chi connectivity index (χ1) is 10.9. The van der Waals surface area contributed by atoms with Gasteiger partial charge in [0.15, 0.2) is 6.10 Å². The van der Waals surface area contributed by atoms with Gasteiger partial charge in [0.1, 0.15) is 5.75 Å². The number of carboxylic acids is 1. The molecule has 1 atom stereocenters. The number of rotatable bonds is 7. The van der Waals surface area contributed by atoms with Crippen LogP contribution in [0.25, 0.3) is 0 Å². The Morgan fingerprint density at radius 1 is 1.39 bits per heavy atom. The van der Waals surface area contributed by atoms with Gasteiger partial charge in [0.05, 0.1) is 12.1 Å². The second kappa shape index (κ2) is 7.35. The predicted molar refractivity (Wildman–Crippen MR) is 89.3 cm³/mol. The van der Waals surface area contributed by atoms with Gasteiger partial charge in [-0.25, -0.2) is 0 Å². The number of benzene rings is 1. The van der Waals surface area contributed by atoms with Crippen LogP contribution >= 0.6 is 0 Å². The number of nitrogens with zero attached hydrogens (tertiary/aromatic N) is 2. The Bertz CT molecular complexity index is 588. The van der Waals surface area contributed by atoms with Gasteiger partial charge in [0.25, 0.3) is 5.91 Å². The van der Waals surface area contributed by atoms with Crippen molar-refractivity contribution >= 4 is 23.3 Å². The van der Waals surface area contributed by atoms with Gasteiger partial charge in [0.2, 0.25) is 0 Å². The number of hydrogen-bond donors (Lipinski definition) is 1. The van der Waals surface area contributed by atoms with Gasteiger partial charge in [-0.3, -0.25) is 9.59 Å². The number of aliphatic carboxylic acids is 1. The van der Waals surface area contributed by atoms with Gasteiger partial charge in [-0.2, -0.15) is 0 Å². The van der Waals surface area contributed by atoms with Crippen molar-refractivity contribution in [3.05, 3.63) is 18.2 Å². The molecule has 0 aromatic heterocycles. The van der Waals surface area contributed by atoms with Crippen LogP contribution in [0.5, 0.6) is 5.75 Å². The number of ether oxygens (including phenoxy) is 1. The van der Waals surface area contributed by atoms with Crippen LogP contribution in [0, 0.1) is 0 Å². The number of likely N-dealkylation sites (N-methyl/N-ethyl adjacent to an activating group) is 1. The van der Waals surface area contributed by atoms with Crippen molar-refractivity contribution in [2.75, 3.05) is 29.9 Å². The minimum atomic E-state index is -0.806. The smallest absolute Gasteiger partial charge is 0.305 e. The average Bonchev–Trinajstić information content (AvgIpc) is 2.52. The Morgan fingerprint density at radius 3 is 2.78 bits per heavy atom. The molecule has 0 radical (unpaired) electrons. The van der Waals surface area contributed by atoms with Gasteiger partial charge in [0, 0.05) is 31.9 Å². The van der Waals surface area contributed by atoms with Crippen LogP contribution in [0.4, 0.5) is 11.4 Å². The first kappa shape index (κ1) is 17.1. The molecular weight excluding hydrogens is 296 g/mol. The van der Waals surface area contributed by atoms with Crippen molar-refractivity contribution in [1.82, 2.24) is 0 Å². The predicted octanol–water partition coefficient (Wildman–Crippen LogP) is 2.51. The number of carboxylic acid groups (broad SMARTS) is 1. The third kappa shape index (κ3) is 3.94. The Morgan fingerprint density at radius 2 is 2.13 bits per heavy atom. The Hall–Kier alpha value is -2.24. The van der Waals surface area contributed by atoms with E-state index in [1.165, 1.54) is 0 Å². The summed E-state index contributed by atoms with van der Waals surface area (Å²) in [5.41, 5.74) is 1.67. The van der Waals surface area contributed by atoms with Crippen LogP contribution in [0.15, 0.2) is 18.2 Å². The highest BCUT2D eigenvalue weighted by atomic mass is 16.5. The van der Waals surface area contributed by atoms with Crippen LogP contribution in [-0.2, 0) is 9.59 Å². The second-order valence-electron chi connectivity index (χ2n) is 5.79. The van der Waals surface area contributed by atoms with Crippen molar-refractivity contribution in [2.45, 2.75) is 39.2 Å². The van der Waals surface area contributed by atoms with Gasteiger partial charge in [-0.1, -0.05) is 13.3 Å². The summed E-state index contributed by atoms with van der Waals surface area (Å²) in [7, 11) is 1.74. The monoisotopic (exact) mass is 320 g/mol. The van der Waals surface area contributed by atoms with Crippen molar-refractivity contribution in [3.63, 3.8) is 0 Å². The summed E-state index contributed by atoms with van der Waals surface area (Å²) in [4.78, 5) is 26.5. The molecule has 6 nitrogen and oxygen atoms in total. The molecule has 1 aliphatic rings. The molecule has 0 fully saturated rings. The largest absolute Gasteiger partial charge is 0.481 e. The van der Waals surface area contributed by atoms with E-state index in [2.05, 4.69) is 11.8 Å². The summed E-state index contributed by atoms with van der Waals surface area (Å²) in [6, 6.07) is 5.67. The van der Waals surface area contributed by atoms with E-state index in [0.29, 0.717) is 12.3 Å². The molecule has 6 heteroatoms. The van der Waals surface area contributed by atoms with Crippen LogP contribution in [0.1, 0.15) is 33.1 Å². The quantitative estimate of drug-likeness (QED) is 0.836. The number of carbonyl (C=O) groups excluding carboxylic acids is 1. The molecule has 0 saturated carbocycles. The lowest BCUT2D eigenvalue weighted by atomic mass is 10.1. The number of fused-ring (bicyclic) bond motifs is 1. The minimum absolute atomic E-state index is 0.0704. The minimum Gasteiger partial charge on any atom is -0.481 e. The highest BCUT2D eigenvalue weighted by Crippen LogP contribution is 2.36. The van der Waals surface area contributed by atoms with Gasteiger partial charge in [-0.15, -0.1) is 0 Å². The van der Waals surface area contributed by atoms with E-state index >= 15 is 0 Å². The first-order valence-corrected chi connectivity index (χ1v) is 7.99.